The quantitative estimate of drug-likeness (QED) is 0.709. The largest absolute Gasteiger partial charge is 0.361 e. The molecule has 8 heteroatoms. The highest BCUT2D eigenvalue weighted by molar-refractivity contribution is 7.92. The van der Waals surface area contributed by atoms with Crippen molar-refractivity contribution in [3.63, 3.8) is 0 Å². The number of amides is 1. The van der Waals surface area contributed by atoms with E-state index < -0.39 is 10.0 Å². The molecule has 0 fully saturated rings. The Morgan fingerprint density at radius 1 is 1.27 bits per heavy atom. The third-order valence-electron chi connectivity index (χ3n) is 4.08. The number of carbonyl (C=O) groups is 1. The van der Waals surface area contributed by atoms with Crippen molar-refractivity contribution in [1.82, 2.24) is 10.5 Å². The average Bonchev–Trinajstić information content (AvgIpc) is 2.87. The molecule has 1 aromatic heterocycles. The van der Waals surface area contributed by atoms with Gasteiger partial charge in [-0.3, -0.25) is 9.10 Å². The fourth-order valence-corrected chi connectivity index (χ4v) is 3.57. The maximum Gasteiger partial charge on any atom is 0.240 e. The van der Waals surface area contributed by atoms with Crippen molar-refractivity contribution < 1.29 is 17.7 Å². The van der Waals surface area contributed by atoms with Crippen LogP contribution in [0.3, 0.4) is 0 Å². The van der Waals surface area contributed by atoms with Crippen LogP contribution < -0.4 is 9.62 Å². The number of sulfonamides is 1. The first-order valence-corrected chi connectivity index (χ1v) is 10.3. The maximum absolute atomic E-state index is 12.2. The van der Waals surface area contributed by atoms with Crippen molar-refractivity contribution in [2.24, 2.45) is 0 Å². The van der Waals surface area contributed by atoms with Crippen LogP contribution in [0.1, 0.15) is 29.0 Å². The summed E-state index contributed by atoms with van der Waals surface area (Å²) in [5.41, 5.74) is 3.32. The fraction of sp³-hybridized carbons (Fsp3) is 0.444. The summed E-state index contributed by atoms with van der Waals surface area (Å²) in [5.74, 6) is 0.451. The van der Waals surface area contributed by atoms with E-state index in [9.17, 15) is 13.2 Å². The van der Waals surface area contributed by atoms with Gasteiger partial charge < -0.3 is 9.84 Å². The Hall–Kier alpha value is -2.35. The van der Waals surface area contributed by atoms with Gasteiger partial charge in [-0.25, -0.2) is 8.42 Å². The van der Waals surface area contributed by atoms with Gasteiger partial charge >= 0.3 is 0 Å². The number of aromatic nitrogens is 1. The number of carbonyl (C=O) groups excluding carboxylic acids is 1. The molecule has 0 unspecified atom stereocenters. The van der Waals surface area contributed by atoms with Crippen LogP contribution in [0.5, 0.6) is 0 Å². The topological polar surface area (TPSA) is 92.5 Å². The third kappa shape index (κ3) is 5.32. The molecule has 0 radical (unpaired) electrons. The minimum absolute atomic E-state index is 0.242. The molecule has 0 aliphatic heterocycles. The molecular weight excluding hydrogens is 354 g/mol. The number of benzene rings is 1. The van der Waals surface area contributed by atoms with Gasteiger partial charge in [0.05, 0.1) is 17.6 Å². The Morgan fingerprint density at radius 3 is 2.58 bits per heavy atom. The van der Waals surface area contributed by atoms with Gasteiger partial charge in [-0.1, -0.05) is 17.3 Å². The lowest BCUT2D eigenvalue weighted by Crippen LogP contribution is -2.40. The highest BCUT2D eigenvalue weighted by atomic mass is 32.2. The van der Waals surface area contributed by atoms with E-state index in [-0.39, 0.29) is 12.5 Å². The highest BCUT2D eigenvalue weighted by Crippen LogP contribution is 2.18. The second-order valence-electron chi connectivity index (χ2n) is 6.36. The van der Waals surface area contributed by atoms with Gasteiger partial charge in [-0.05, 0) is 51.3 Å². The van der Waals surface area contributed by atoms with Gasteiger partial charge in [-0.2, -0.15) is 0 Å². The summed E-state index contributed by atoms with van der Waals surface area (Å²) in [6, 6.07) is 7.06. The number of aryl methyl sites for hydroxylation is 3. The zero-order valence-corrected chi connectivity index (χ0v) is 16.4. The predicted molar refractivity (Wildman–Crippen MR) is 101 cm³/mol. The zero-order chi connectivity index (χ0) is 19.3. The molecule has 26 heavy (non-hydrogen) atoms. The molecule has 2 aromatic rings. The van der Waals surface area contributed by atoms with Crippen LogP contribution in [0.2, 0.25) is 0 Å². The lowest BCUT2D eigenvalue weighted by molar-refractivity contribution is -0.119. The van der Waals surface area contributed by atoms with E-state index >= 15 is 0 Å². The van der Waals surface area contributed by atoms with Gasteiger partial charge in [0.2, 0.25) is 15.9 Å². The lowest BCUT2D eigenvalue weighted by atomic mass is 10.1. The molecular formula is C18H25N3O4S. The first-order chi connectivity index (χ1) is 12.2. The van der Waals surface area contributed by atoms with Crippen molar-refractivity contribution in [3.8, 4) is 0 Å². The molecule has 0 saturated carbocycles. The SMILES string of the molecule is Cc1cccc(N(CC(=O)NCCCc2c(C)noc2C)S(C)(=O)=O)c1. The van der Waals surface area contributed by atoms with Crippen LogP contribution >= 0.6 is 0 Å². The van der Waals surface area contributed by atoms with E-state index in [1.54, 1.807) is 18.2 Å². The van der Waals surface area contributed by atoms with E-state index in [4.69, 9.17) is 4.52 Å². The van der Waals surface area contributed by atoms with Crippen LogP contribution in [-0.2, 0) is 21.2 Å². The Morgan fingerprint density at radius 2 is 2.00 bits per heavy atom. The van der Waals surface area contributed by atoms with Crippen LogP contribution in [0.15, 0.2) is 28.8 Å². The van der Waals surface area contributed by atoms with E-state index in [2.05, 4.69) is 10.5 Å². The van der Waals surface area contributed by atoms with E-state index in [0.29, 0.717) is 12.2 Å². The monoisotopic (exact) mass is 379 g/mol. The average molecular weight is 379 g/mol. The molecule has 0 spiro atoms. The minimum Gasteiger partial charge on any atom is -0.361 e. The number of nitrogens with one attached hydrogen (secondary N) is 1. The summed E-state index contributed by atoms with van der Waals surface area (Å²) in [5, 5.41) is 6.68. The molecule has 1 aromatic carbocycles. The van der Waals surface area contributed by atoms with Crippen LogP contribution in [0.4, 0.5) is 5.69 Å². The number of anilines is 1. The van der Waals surface area contributed by atoms with Crippen LogP contribution in [-0.4, -0.2) is 38.8 Å². The van der Waals surface area contributed by atoms with Crippen LogP contribution in [0.25, 0.3) is 0 Å². The highest BCUT2D eigenvalue weighted by Gasteiger charge is 2.20. The molecule has 1 amide bonds. The molecule has 0 bridgehead atoms. The molecule has 2 rings (SSSR count). The minimum atomic E-state index is -3.56. The van der Waals surface area contributed by atoms with Crippen molar-refractivity contribution in [2.75, 3.05) is 23.7 Å². The molecule has 142 valence electrons. The lowest BCUT2D eigenvalue weighted by Gasteiger charge is -2.22. The fourth-order valence-electron chi connectivity index (χ4n) is 2.72. The van der Waals surface area contributed by atoms with E-state index in [1.807, 2.05) is 26.8 Å². The number of nitrogens with zero attached hydrogens (tertiary/aromatic N) is 2. The van der Waals surface area contributed by atoms with Crippen molar-refractivity contribution >= 4 is 21.6 Å². The van der Waals surface area contributed by atoms with E-state index in [1.165, 1.54) is 0 Å². The number of hydrogen-bond donors (Lipinski definition) is 1. The second-order valence-corrected chi connectivity index (χ2v) is 8.27. The third-order valence-corrected chi connectivity index (χ3v) is 5.22. The summed E-state index contributed by atoms with van der Waals surface area (Å²) >= 11 is 0. The predicted octanol–water partition coefficient (Wildman–Crippen LogP) is 2.11. The Kier molecular flexibility index (Phi) is 6.42. The summed E-state index contributed by atoms with van der Waals surface area (Å²) in [4.78, 5) is 12.2. The molecule has 1 N–H and O–H groups in total. The first-order valence-electron chi connectivity index (χ1n) is 8.41. The normalized spacial score (nSPS) is 11.4. The molecule has 7 nitrogen and oxygen atoms in total. The Balaban J connectivity index is 1.92. The molecule has 0 saturated heterocycles. The van der Waals surface area contributed by atoms with Crippen molar-refractivity contribution in [2.45, 2.75) is 33.6 Å². The standard InChI is InChI=1S/C18H25N3O4S/c1-13-7-5-8-16(11-13)21(26(4,23)24)12-18(22)19-10-6-9-17-14(2)20-25-15(17)3/h5,7-8,11H,6,9-10,12H2,1-4H3,(H,19,22). The summed E-state index contributed by atoms with van der Waals surface area (Å²) in [6.45, 7) is 5.83. The Labute approximate surface area is 154 Å². The Bertz CT molecular complexity index is 855. The summed E-state index contributed by atoms with van der Waals surface area (Å²) < 4.78 is 30.4. The first kappa shape index (κ1) is 20.0. The smallest absolute Gasteiger partial charge is 0.240 e. The summed E-state index contributed by atoms with van der Waals surface area (Å²) in [7, 11) is -3.56. The second kappa shape index (κ2) is 8.35. The van der Waals surface area contributed by atoms with E-state index in [0.717, 1.165) is 46.0 Å². The van der Waals surface area contributed by atoms with Gasteiger partial charge in [0.25, 0.3) is 0 Å². The molecule has 0 atom stereocenters. The zero-order valence-electron chi connectivity index (χ0n) is 15.6. The number of hydrogen-bond acceptors (Lipinski definition) is 5. The maximum atomic E-state index is 12.2. The van der Waals surface area contributed by atoms with Gasteiger partial charge in [0.15, 0.2) is 0 Å². The summed E-state index contributed by atoms with van der Waals surface area (Å²) in [6.07, 6.45) is 2.56. The molecule has 0 aliphatic rings. The van der Waals surface area contributed by atoms with Crippen molar-refractivity contribution in [1.29, 1.82) is 0 Å². The van der Waals surface area contributed by atoms with Gasteiger partial charge in [0, 0.05) is 12.1 Å². The molecule has 1 heterocycles. The number of rotatable bonds is 8. The van der Waals surface area contributed by atoms with Crippen molar-refractivity contribution in [3.05, 3.63) is 46.8 Å². The van der Waals surface area contributed by atoms with Gasteiger partial charge in [-0.15, -0.1) is 0 Å². The van der Waals surface area contributed by atoms with Gasteiger partial charge in [0.1, 0.15) is 12.3 Å². The molecule has 0 aliphatic carbocycles. The van der Waals surface area contributed by atoms with Crippen LogP contribution in [0, 0.1) is 20.8 Å².